The van der Waals surface area contributed by atoms with E-state index in [0.717, 1.165) is 11.1 Å². The molecule has 1 aromatic heterocycles. The number of amides is 1. The Bertz CT molecular complexity index is 1160. The predicted molar refractivity (Wildman–Crippen MR) is 117 cm³/mol. The van der Waals surface area contributed by atoms with Gasteiger partial charge < -0.3 is 20.9 Å². The summed E-state index contributed by atoms with van der Waals surface area (Å²) in [5.41, 5.74) is 9.34. The minimum Gasteiger partial charge on any atom is -0.492 e. The van der Waals surface area contributed by atoms with Crippen molar-refractivity contribution >= 4 is 23.3 Å². The number of anilines is 2. The smallest absolute Gasteiger partial charge is 0.358 e. The van der Waals surface area contributed by atoms with Crippen molar-refractivity contribution in [1.82, 2.24) is 15.0 Å². The number of methoxy groups -OCH3 is 1. The normalized spacial score (nSPS) is 11.3. The number of nitrogens with one attached hydrogen (secondary N) is 1. The van der Waals surface area contributed by atoms with Crippen LogP contribution in [0.15, 0.2) is 36.5 Å². The van der Waals surface area contributed by atoms with Gasteiger partial charge >= 0.3 is 5.97 Å². The zero-order chi connectivity index (χ0) is 22.9. The van der Waals surface area contributed by atoms with Crippen molar-refractivity contribution in [3.05, 3.63) is 58.9 Å². The summed E-state index contributed by atoms with van der Waals surface area (Å²) in [5.74, 6) is -1.17. The number of carboxylic acid groups (broad SMARTS) is 1. The van der Waals surface area contributed by atoms with Crippen LogP contribution in [0.1, 0.15) is 52.7 Å². The van der Waals surface area contributed by atoms with Crippen molar-refractivity contribution < 1.29 is 19.4 Å². The van der Waals surface area contributed by atoms with E-state index in [1.54, 1.807) is 18.2 Å². The van der Waals surface area contributed by atoms with Crippen LogP contribution in [0.5, 0.6) is 5.75 Å². The molecule has 9 heteroatoms. The minimum atomic E-state index is -1.18. The minimum absolute atomic E-state index is 0.175. The Morgan fingerprint density at radius 3 is 2.48 bits per heavy atom. The fourth-order valence-corrected chi connectivity index (χ4v) is 3.08. The Balaban J connectivity index is 1.97. The summed E-state index contributed by atoms with van der Waals surface area (Å²) < 4.78 is 6.73. The van der Waals surface area contributed by atoms with Crippen molar-refractivity contribution in [2.75, 3.05) is 18.2 Å². The van der Waals surface area contributed by atoms with Gasteiger partial charge in [-0.15, -0.1) is 5.10 Å². The van der Waals surface area contributed by atoms with E-state index in [0.29, 0.717) is 28.4 Å². The van der Waals surface area contributed by atoms with Crippen molar-refractivity contribution in [3.63, 3.8) is 0 Å². The van der Waals surface area contributed by atoms with Crippen molar-refractivity contribution in [1.29, 1.82) is 0 Å². The van der Waals surface area contributed by atoms with Crippen LogP contribution in [0.4, 0.5) is 11.4 Å². The molecule has 31 heavy (non-hydrogen) atoms. The fraction of sp³-hybridized carbons (Fsp3) is 0.273. The second kappa shape index (κ2) is 8.10. The molecule has 0 saturated heterocycles. The van der Waals surface area contributed by atoms with Gasteiger partial charge in [0.2, 0.25) is 0 Å². The molecule has 0 fully saturated rings. The Kier molecular flexibility index (Phi) is 5.70. The number of nitrogens with two attached hydrogens (primary N) is 1. The molecule has 0 atom stereocenters. The largest absolute Gasteiger partial charge is 0.492 e. The Morgan fingerprint density at radius 1 is 1.19 bits per heavy atom. The summed E-state index contributed by atoms with van der Waals surface area (Å²) in [6, 6.07) is 8.73. The molecule has 0 aliphatic carbocycles. The standard InChI is InChI=1S/C22H25N5O4/c1-12-6-7-13(8-18(12)27-11-17(21(29)30)25-26-27)20(28)24-16-10-14(22(2,3)4)9-15(23)19(16)31-5/h6-11H,23H2,1-5H3,(H,24,28)(H,29,30). The van der Waals surface area contributed by atoms with Crippen LogP contribution < -0.4 is 15.8 Å². The maximum absolute atomic E-state index is 13.0. The van der Waals surface area contributed by atoms with E-state index in [-0.39, 0.29) is 17.0 Å². The summed E-state index contributed by atoms with van der Waals surface area (Å²) in [4.78, 5) is 24.1. The number of hydrogen-bond donors (Lipinski definition) is 3. The SMILES string of the molecule is COc1c(N)cc(C(C)(C)C)cc1NC(=O)c1ccc(C)c(-n2cc(C(=O)O)nn2)c1. The molecule has 0 unspecified atom stereocenters. The summed E-state index contributed by atoms with van der Waals surface area (Å²) in [5, 5.41) is 19.4. The summed E-state index contributed by atoms with van der Waals surface area (Å²) in [7, 11) is 1.49. The van der Waals surface area contributed by atoms with Gasteiger partial charge in [-0.05, 0) is 47.7 Å². The number of nitrogens with zero attached hydrogens (tertiary/aromatic N) is 3. The van der Waals surface area contributed by atoms with Crippen LogP contribution in [0.2, 0.25) is 0 Å². The topological polar surface area (TPSA) is 132 Å². The third kappa shape index (κ3) is 4.50. The van der Waals surface area contributed by atoms with Gasteiger partial charge in [-0.2, -0.15) is 0 Å². The molecular weight excluding hydrogens is 398 g/mol. The van der Waals surface area contributed by atoms with E-state index < -0.39 is 5.97 Å². The maximum Gasteiger partial charge on any atom is 0.358 e. The van der Waals surface area contributed by atoms with Crippen LogP contribution in [-0.4, -0.2) is 39.1 Å². The average Bonchev–Trinajstić information content (AvgIpc) is 3.17. The monoisotopic (exact) mass is 423 g/mol. The van der Waals surface area contributed by atoms with Gasteiger partial charge in [0.05, 0.1) is 30.4 Å². The number of carboxylic acids is 1. The zero-order valence-corrected chi connectivity index (χ0v) is 18.1. The summed E-state index contributed by atoms with van der Waals surface area (Å²) >= 11 is 0. The Hall–Kier alpha value is -3.88. The lowest BCUT2D eigenvalue weighted by Crippen LogP contribution is -2.17. The molecule has 4 N–H and O–H groups in total. The van der Waals surface area contributed by atoms with Gasteiger partial charge in [0.25, 0.3) is 5.91 Å². The number of carbonyl (C=O) groups excluding carboxylic acids is 1. The number of aryl methyl sites for hydroxylation is 1. The molecule has 9 nitrogen and oxygen atoms in total. The first-order valence-corrected chi connectivity index (χ1v) is 9.57. The number of hydrogen-bond acceptors (Lipinski definition) is 6. The van der Waals surface area contributed by atoms with Gasteiger partial charge in [-0.1, -0.05) is 32.1 Å². The lowest BCUT2D eigenvalue weighted by atomic mass is 9.86. The highest BCUT2D eigenvalue weighted by molar-refractivity contribution is 6.06. The average molecular weight is 423 g/mol. The third-order valence-corrected chi connectivity index (χ3v) is 4.87. The summed E-state index contributed by atoms with van der Waals surface area (Å²) in [6.45, 7) is 7.98. The molecule has 1 amide bonds. The van der Waals surface area contributed by atoms with E-state index in [1.165, 1.54) is 18.0 Å². The van der Waals surface area contributed by atoms with E-state index in [2.05, 4.69) is 36.4 Å². The summed E-state index contributed by atoms with van der Waals surface area (Å²) in [6.07, 6.45) is 1.29. The van der Waals surface area contributed by atoms with Crippen molar-refractivity contribution in [3.8, 4) is 11.4 Å². The van der Waals surface area contributed by atoms with Crippen molar-refractivity contribution in [2.45, 2.75) is 33.1 Å². The van der Waals surface area contributed by atoms with Crippen LogP contribution in [-0.2, 0) is 5.41 Å². The van der Waals surface area contributed by atoms with Gasteiger partial charge in [-0.3, -0.25) is 4.79 Å². The molecule has 0 bridgehead atoms. The van der Waals surface area contributed by atoms with Gasteiger partial charge in [0, 0.05) is 5.56 Å². The Morgan fingerprint density at radius 2 is 1.90 bits per heavy atom. The molecule has 3 aromatic rings. The van der Waals surface area contributed by atoms with Crippen LogP contribution in [0, 0.1) is 6.92 Å². The van der Waals surface area contributed by atoms with E-state index in [1.807, 2.05) is 19.1 Å². The van der Waals surface area contributed by atoms with E-state index in [4.69, 9.17) is 15.6 Å². The number of nitrogen functional groups attached to an aromatic ring is 1. The molecule has 0 spiro atoms. The fourth-order valence-electron chi connectivity index (χ4n) is 3.08. The van der Waals surface area contributed by atoms with Gasteiger partial charge in [0.1, 0.15) is 0 Å². The van der Waals surface area contributed by atoms with E-state index >= 15 is 0 Å². The molecule has 0 saturated carbocycles. The van der Waals surface area contributed by atoms with Crippen molar-refractivity contribution in [2.24, 2.45) is 0 Å². The number of rotatable bonds is 5. The molecule has 1 heterocycles. The second-order valence-corrected chi connectivity index (χ2v) is 8.21. The van der Waals surface area contributed by atoms with Gasteiger partial charge in [0.15, 0.2) is 11.4 Å². The van der Waals surface area contributed by atoms with Crippen LogP contribution >= 0.6 is 0 Å². The number of aromatic carboxylic acids is 1. The Labute approximate surface area is 179 Å². The van der Waals surface area contributed by atoms with Gasteiger partial charge in [-0.25, -0.2) is 9.48 Å². The first kappa shape index (κ1) is 21.8. The van der Waals surface area contributed by atoms with Crippen LogP contribution in [0.25, 0.3) is 5.69 Å². The molecular formula is C22H25N5O4. The highest BCUT2D eigenvalue weighted by Crippen LogP contribution is 2.37. The number of carbonyl (C=O) groups is 2. The quantitative estimate of drug-likeness (QED) is 0.536. The number of benzene rings is 2. The van der Waals surface area contributed by atoms with E-state index in [9.17, 15) is 9.59 Å². The highest BCUT2D eigenvalue weighted by Gasteiger charge is 2.20. The number of ether oxygens (including phenoxy) is 1. The maximum atomic E-state index is 13.0. The lowest BCUT2D eigenvalue weighted by Gasteiger charge is -2.22. The third-order valence-electron chi connectivity index (χ3n) is 4.87. The van der Waals surface area contributed by atoms with Crippen LogP contribution in [0.3, 0.4) is 0 Å². The first-order valence-electron chi connectivity index (χ1n) is 9.57. The zero-order valence-electron chi connectivity index (χ0n) is 18.1. The molecule has 0 aliphatic heterocycles. The molecule has 3 rings (SSSR count). The molecule has 0 radical (unpaired) electrons. The lowest BCUT2D eigenvalue weighted by molar-refractivity contribution is 0.0690. The second-order valence-electron chi connectivity index (χ2n) is 8.21. The number of aromatic nitrogens is 3. The predicted octanol–water partition coefficient (Wildman–Crippen LogP) is 3.41. The first-order chi connectivity index (χ1) is 14.5. The molecule has 0 aliphatic rings. The molecule has 162 valence electrons. The molecule has 2 aromatic carbocycles. The highest BCUT2D eigenvalue weighted by atomic mass is 16.5.